The van der Waals surface area contributed by atoms with Crippen LogP contribution in [0.4, 0.5) is 0 Å². The molecule has 1 atom stereocenters. The van der Waals surface area contributed by atoms with Crippen molar-refractivity contribution < 1.29 is 19.1 Å². The van der Waals surface area contributed by atoms with E-state index >= 15 is 0 Å². The molecule has 1 aliphatic rings. The van der Waals surface area contributed by atoms with Crippen molar-refractivity contribution in [3.8, 4) is 11.5 Å². The second kappa shape index (κ2) is 7.17. The van der Waals surface area contributed by atoms with E-state index in [9.17, 15) is 9.59 Å². The van der Waals surface area contributed by atoms with Crippen LogP contribution in [0.15, 0.2) is 29.4 Å². The summed E-state index contributed by atoms with van der Waals surface area (Å²) in [7, 11) is 1.67. The van der Waals surface area contributed by atoms with Crippen molar-refractivity contribution >= 4 is 23.6 Å². The van der Waals surface area contributed by atoms with Crippen molar-refractivity contribution in [2.75, 3.05) is 12.4 Å². The summed E-state index contributed by atoms with van der Waals surface area (Å²) in [6, 6.07) is 7.05. The van der Waals surface area contributed by atoms with E-state index in [4.69, 9.17) is 9.47 Å². The van der Waals surface area contributed by atoms with Crippen molar-refractivity contribution in [3.63, 3.8) is 0 Å². The monoisotopic (exact) mass is 350 g/mol. The van der Waals surface area contributed by atoms with Gasteiger partial charge in [-0.2, -0.15) is 0 Å². The van der Waals surface area contributed by atoms with Crippen molar-refractivity contribution in [2.45, 2.75) is 11.3 Å². The minimum atomic E-state index is -0.837. The van der Waals surface area contributed by atoms with Gasteiger partial charge in [0.1, 0.15) is 6.61 Å². The summed E-state index contributed by atoms with van der Waals surface area (Å²) in [6.45, 7) is 0.0675. The third-order valence-corrected chi connectivity index (χ3v) is 4.05. The van der Waals surface area contributed by atoms with Gasteiger partial charge >= 0.3 is 0 Å². The number of benzene rings is 1. The molecule has 3 rings (SSSR count). The van der Waals surface area contributed by atoms with Crippen LogP contribution in [0.3, 0.4) is 0 Å². The zero-order valence-corrected chi connectivity index (χ0v) is 13.4. The highest BCUT2D eigenvalue weighted by Gasteiger charge is 2.27. The number of hydrogen-bond donors (Lipinski definition) is 2. The van der Waals surface area contributed by atoms with Crippen LogP contribution in [0.2, 0.25) is 0 Å². The second-order valence-electron chi connectivity index (χ2n) is 4.78. The quantitative estimate of drug-likeness (QED) is 0.548. The van der Waals surface area contributed by atoms with Crippen molar-refractivity contribution in [1.82, 2.24) is 31.1 Å². The minimum absolute atomic E-state index is 0.0549. The molecule has 0 saturated heterocycles. The van der Waals surface area contributed by atoms with E-state index in [0.717, 1.165) is 11.8 Å². The number of amides is 2. The molecule has 2 aromatic rings. The molecule has 0 radical (unpaired) electrons. The zero-order chi connectivity index (χ0) is 16.9. The summed E-state index contributed by atoms with van der Waals surface area (Å²) in [5.41, 5.74) is 4.63. The van der Waals surface area contributed by atoms with Crippen LogP contribution in [0.1, 0.15) is 0 Å². The van der Waals surface area contributed by atoms with Crippen LogP contribution in [0.25, 0.3) is 0 Å². The lowest BCUT2D eigenvalue weighted by molar-refractivity contribution is -0.134. The number of nitrogens with zero attached hydrogens (tertiary/aromatic N) is 4. The molecular weight excluding hydrogens is 336 g/mol. The first-order valence-electron chi connectivity index (χ1n) is 6.96. The van der Waals surface area contributed by atoms with Crippen LogP contribution < -0.4 is 20.3 Å². The molecule has 2 amide bonds. The maximum Gasteiger partial charge on any atom is 0.283 e. The molecule has 0 saturated carbocycles. The van der Waals surface area contributed by atoms with E-state index in [0.29, 0.717) is 16.7 Å². The van der Waals surface area contributed by atoms with Gasteiger partial charge in [0.15, 0.2) is 11.5 Å². The number of hydrogen-bond acceptors (Lipinski definition) is 8. The number of para-hydroxylation sites is 2. The van der Waals surface area contributed by atoms with Crippen LogP contribution in [0, 0.1) is 0 Å². The van der Waals surface area contributed by atoms with Crippen molar-refractivity contribution in [2.24, 2.45) is 7.05 Å². The van der Waals surface area contributed by atoms with Gasteiger partial charge in [-0.1, -0.05) is 23.9 Å². The molecule has 1 aromatic carbocycles. The maximum atomic E-state index is 12.0. The van der Waals surface area contributed by atoms with Gasteiger partial charge < -0.3 is 9.47 Å². The first kappa shape index (κ1) is 16.1. The molecule has 2 heterocycles. The number of fused-ring (bicyclic) bond motifs is 1. The van der Waals surface area contributed by atoms with E-state index in [1.807, 2.05) is 6.07 Å². The molecule has 0 fully saturated rings. The predicted molar refractivity (Wildman–Crippen MR) is 82.2 cm³/mol. The third-order valence-electron chi connectivity index (χ3n) is 3.04. The fourth-order valence-corrected chi connectivity index (χ4v) is 2.52. The number of aromatic nitrogens is 4. The Labute approximate surface area is 140 Å². The number of tetrazole rings is 1. The van der Waals surface area contributed by atoms with Crippen molar-refractivity contribution in [3.05, 3.63) is 24.3 Å². The molecule has 24 heavy (non-hydrogen) atoms. The van der Waals surface area contributed by atoms with Crippen LogP contribution >= 0.6 is 11.8 Å². The van der Waals surface area contributed by atoms with Crippen LogP contribution in [-0.2, 0) is 16.6 Å². The first-order valence-corrected chi connectivity index (χ1v) is 7.94. The largest absolute Gasteiger partial charge is 0.485 e. The molecule has 0 spiro atoms. The maximum absolute atomic E-state index is 12.0. The highest BCUT2D eigenvalue weighted by atomic mass is 32.2. The zero-order valence-electron chi connectivity index (χ0n) is 12.6. The van der Waals surface area contributed by atoms with Gasteiger partial charge in [-0.05, 0) is 22.6 Å². The van der Waals surface area contributed by atoms with Crippen LogP contribution in [0.5, 0.6) is 11.5 Å². The number of thioether (sulfide) groups is 1. The standard InChI is InChI=1S/C13H14N6O4S/c1-19-13(16-17-18-19)24-7-11(20)14-15-12(21)10-6-22-8-4-2-3-5-9(8)23-10/h2-5,10H,6-7H2,1H3,(H,14,20)(H,15,21). The summed E-state index contributed by atoms with van der Waals surface area (Å²) in [6.07, 6.45) is -0.837. The van der Waals surface area contributed by atoms with Gasteiger partial charge in [0.2, 0.25) is 17.2 Å². The fourth-order valence-electron chi connectivity index (χ4n) is 1.87. The van der Waals surface area contributed by atoms with Crippen molar-refractivity contribution in [1.29, 1.82) is 0 Å². The molecular formula is C13H14N6O4S. The average Bonchev–Trinajstić information content (AvgIpc) is 3.02. The summed E-state index contributed by atoms with van der Waals surface area (Å²) in [5, 5.41) is 11.4. The Morgan fingerprint density at radius 3 is 2.88 bits per heavy atom. The van der Waals surface area contributed by atoms with E-state index in [2.05, 4.69) is 26.4 Å². The van der Waals surface area contributed by atoms with E-state index in [1.165, 1.54) is 4.68 Å². The highest BCUT2D eigenvalue weighted by Crippen LogP contribution is 2.30. The number of aryl methyl sites for hydroxylation is 1. The summed E-state index contributed by atoms with van der Waals surface area (Å²) < 4.78 is 12.4. The number of hydrazine groups is 1. The fraction of sp³-hybridized carbons (Fsp3) is 0.308. The third kappa shape index (κ3) is 3.74. The Morgan fingerprint density at radius 1 is 1.33 bits per heavy atom. The number of carbonyl (C=O) groups is 2. The van der Waals surface area contributed by atoms with E-state index in [1.54, 1.807) is 25.2 Å². The molecule has 10 nitrogen and oxygen atoms in total. The SMILES string of the molecule is Cn1nnnc1SCC(=O)NNC(=O)C1COc2ccccc2O1. The highest BCUT2D eigenvalue weighted by molar-refractivity contribution is 7.99. The average molecular weight is 350 g/mol. The smallest absolute Gasteiger partial charge is 0.283 e. The summed E-state index contributed by atoms with van der Waals surface area (Å²) in [5.74, 6) is 0.232. The number of nitrogens with one attached hydrogen (secondary N) is 2. The second-order valence-corrected chi connectivity index (χ2v) is 5.72. The van der Waals surface area contributed by atoms with Gasteiger partial charge in [0.25, 0.3) is 5.91 Å². The first-order chi connectivity index (χ1) is 11.6. The Balaban J connectivity index is 1.44. The van der Waals surface area contributed by atoms with Crippen LogP contribution in [-0.4, -0.2) is 50.5 Å². The Hall–Kier alpha value is -2.82. The predicted octanol–water partition coefficient (Wildman–Crippen LogP) is -0.710. The number of rotatable bonds is 4. The van der Waals surface area contributed by atoms with Gasteiger partial charge in [-0.15, -0.1) is 5.10 Å². The summed E-state index contributed by atoms with van der Waals surface area (Å²) in [4.78, 5) is 23.8. The molecule has 1 aromatic heterocycles. The van der Waals surface area contributed by atoms with Gasteiger partial charge in [-0.3, -0.25) is 20.4 Å². The molecule has 2 N–H and O–H groups in total. The lowest BCUT2D eigenvalue weighted by Crippen LogP contribution is -2.51. The Bertz CT molecular complexity index is 752. The van der Waals surface area contributed by atoms with Gasteiger partial charge in [0, 0.05) is 7.05 Å². The molecule has 11 heteroatoms. The van der Waals surface area contributed by atoms with E-state index in [-0.39, 0.29) is 12.4 Å². The summed E-state index contributed by atoms with van der Waals surface area (Å²) >= 11 is 1.15. The molecule has 1 aliphatic heterocycles. The molecule has 126 valence electrons. The lowest BCUT2D eigenvalue weighted by atomic mass is 10.2. The molecule has 1 unspecified atom stereocenters. The minimum Gasteiger partial charge on any atom is -0.485 e. The normalized spacial score (nSPS) is 15.6. The molecule has 0 aliphatic carbocycles. The number of carbonyl (C=O) groups excluding carboxylic acids is 2. The Morgan fingerprint density at radius 2 is 2.12 bits per heavy atom. The van der Waals surface area contributed by atoms with Gasteiger partial charge in [0.05, 0.1) is 5.75 Å². The Kier molecular flexibility index (Phi) is 4.79. The molecule has 0 bridgehead atoms. The topological polar surface area (TPSA) is 120 Å². The van der Waals surface area contributed by atoms with E-state index < -0.39 is 17.9 Å². The van der Waals surface area contributed by atoms with Gasteiger partial charge in [-0.25, -0.2) is 4.68 Å². The lowest BCUT2D eigenvalue weighted by Gasteiger charge is -2.25. The number of ether oxygens (including phenoxy) is 2.